The lowest BCUT2D eigenvalue weighted by Gasteiger charge is -2.24. The number of ether oxygens (including phenoxy) is 1. The van der Waals surface area contributed by atoms with Crippen molar-refractivity contribution in [1.29, 1.82) is 0 Å². The molecule has 4 rings (SSSR count). The quantitative estimate of drug-likeness (QED) is 0.277. The second kappa shape index (κ2) is 8.81. The molecule has 1 saturated heterocycles. The van der Waals surface area contributed by atoms with Gasteiger partial charge in [0.05, 0.1) is 12.7 Å². The molecular weight excluding hydrogens is 446 g/mol. The average Bonchev–Trinajstić information content (AvgIpc) is 3.39. The van der Waals surface area contributed by atoms with Gasteiger partial charge >= 0.3 is 0 Å². The van der Waals surface area contributed by atoms with Crippen LogP contribution in [0.2, 0.25) is 5.02 Å². The number of benzene rings is 2. The van der Waals surface area contributed by atoms with Gasteiger partial charge in [-0.05, 0) is 59.3 Å². The lowest BCUT2D eigenvalue weighted by atomic mass is 9.95. The van der Waals surface area contributed by atoms with Gasteiger partial charge in [-0.1, -0.05) is 37.6 Å². The van der Waals surface area contributed by atoms with Crippen molar-refractivity contribution in [2.24, 2.45) is 0 Å². The summed E-state index contributed by atoms with van der Waals surface area (Å²) in [6.45, 7) is 4.04. The van der Waals surface area contributed by atoms with Crippen LogP contribution in [0.5, 0.6) is 5.75 Å². The smallest absolute Gasteiger partial charge is 0.300 e. The highest BCUT2D eigenvalue weighted by atomic mass is 35.5. The third-order valence-corrected chi connectivity index (χ3v) is 6.63. The Balaban J connectivity index is 1.92. The molecule has 1 atom stereocenters. The predicted octanol–water partition coefficient (Wildman–Crippen LogP) is 6.16. The summed E-state index contributed by atoms with van der Waals surface area (Å²) < 4.78 is 5.43. The Hall–Kier alpha value is -3.09. The van der Waals surface area contributed by atoms with Crippen molar-refractivity contribution in [2.75, 3.05) is 12.0 Å². The van der Waals surface area contributed by atoms with Crippen LogP contribution >= 0.6 is 22.9 Å². The minimum atomic E-state index is -0.752. The maximum Gasteiger partial charge on any atom is 0.300 e. The molecule has 3 aromatic rings. The molecule has 1 fully saturated rings. The molecule has 0 bridgehead atoms. The largest absolute Gasteiger partial charge is 0.507 e. The molecule has 1 N–H and O–H groups in total. The van der Waals surface area contributed by atoms with E-state index in [0.717, 1.165) is 10.4 Å². The summed E-state index contributed by atoms with van der Waals surface area (Å²) in [6, 6.07) is 15.0. The van der Waals surface area contributed by atoms with E-state index >= 15 is 0 Å². The van der Waals surface area contributed by atoms with E-state index in [1.807, 2.05) is 31.4 Å². The SMILES string of the molecule is COc1ccc(/C(O)=C2/C(=O)C(=O)N(c3cccc(Cl)c3)C2c2cccs2)cc1C(C)C. The topological polar surface area (TPSA) is 66.8 Å². The van der Waals surface area contributed by atoms with E-state index in [-0.39, 0.29) is 17.3 Å². The monoisotopic (exact) mass is 467 g/mol. The van der Waals surface area contributed by atoms with E-state index in [4.69, 9.17) is 16.3 Å². The minimum absolute atomic E-state index is 0.0531. The van der Waals surface area contributed by atoms with Gasteiger partial charge in [-0.25, -0.2) is 0 Å². The van der Waals surface area contributed by atoms with Crippen LogP contribution in [0.4, 0.5) is 5.69 Å². The molecule has 5 nitrogen and oxygen atoms in total. The van der Waals surface area contributed by atoms with Crippen LogP contribution in [0.15, 0.2) is 65.6 Å². The van der Waals surface area contributed by atoms with Crippen LogP contribution in [-0.4, -0.2) is 23.9 Å². The normalized spacial score (nSPS) is 17.9. The molecule has 164 valence electrons. The minimum Gasteiger partial charge on any atom is -0.507 e. The number of rotatable bonds is 5. The number of anilines is 1. The zero-order valence-electron chi connectivity index (χ0n) is 17.8. The fraction of sp³-hybridized carbons (Fsp3) is 0.200. The molecular formula is C25H22ClNO4S. The van der Waals surface area contributed by atoms with Crippen LogP contribution in [0.25, 0.3) is 5.76 Å². The zero-order chi connectivity index (χ0) is 23.0. The van der Waals surface area contributed by atoms with Crippen LogP contribution in [0.1, 0.15) is 41.8 Å². The van der Waals surface area contributed by atoms with Gasteiger partial charge in [0.2, 0.25) is 0 Å². The Kier molecular flexibility index (Phi) is 6.09. The molecule has 1 aromatic heterocycles. The van der Waals surface area contributed by atoms with Gasteiger partial charge in [0.1, 0.15) is 17.6 Å². The Morgan fingerprint density at radius 2 is 1.91 bits per heavy atom. The van der Waals surface area contributed by atoms with Crippen molar-refractivity contribution < 1.29 is 19.4 Å². The van der Waals surface area contributed by atoms with Gasteiger partial charge in [-0.15, -0.1) is 11.3 Å². The first kappa shape index (κ1) is 22.1. The van der Waals surface area contributed by atoms with Crippen LogP contribution < -0.4 is 9.64 Å². The Morgan fingerprint density at radius 3 is 2.53 bits per heavy atom. The van der Waals surface area contributed by atoms with Crippen molar-refractivity contribution in [2.45, 2.75) is 25.8 Å². The summed E-state index contributed by atoms with van der Waals surface area (Å²) in [7, 11) is 1.59. The lowest BCUT2D eigenvalue weighted by molar-refractivity contribution is -0.132. The maximum absolute atomic E-state index is 13.2. The highest BCUT2D eigenvalue weighted by Crippen LogP contribution is 2.44. The standard InChI is InChI=1S/C25H22ClNO4S/c1-14(2)18-12-15(9-10-19(18)31-3)23(28)21-22(20-8-5-11-32-20)27(25(30)24(21)29)17-7-4-6-16(26)13-17/h4-14,22,28H,1-3H3/b23-21-. The number of amides is 1. The highest BCUT2D eigenvalue weighted by molar-refractivity contribution is 7.10. The summed E-state index contributed by atoms with van der Waals surface area (Å²) in [4.78, 5) is 28.5. The summed E-state index contributed by atoms with van der Waals surface area (Å²) >= 11 is 7.57. The molecule has 7 heteroatoms. The molecule has 2 heterocycles. The number of carbonyl (C=O) groups is 2. The highest BCUT2D eigenvalue weighted by Gasteiger charge is 2.47. The lowest BCUT2D eigenvalue weighted by Crippen LogP contribution is -2.29. The zero-order valence-corrected chi connectivity index (χ0v) is 19.4. The second-order valence-electron chi connectivity index (χ2n) is 7.78. The molecule has 0 saturated carbocycles. The average molecular weight is 468 g/mol. The van der Waals surface area contributed by atoms with Crippen molar-refractivity contribution in [3.63, 3.8) is 0 Å². The number of aliphatic hydroxyl groups is 1. The molecule has 1 aliphatic rings. The number of ketones is 1. The second-order valence-corrected chi connectivity index (χ2v) is 9.19. The molecule has 0 aliphatic carbocycles. The Labute approximate surface area is 195 Å². The third-order valence-electron chi connectivity index (χ3n) is 5.47. The van der Waals surface area contributed by atoms with Crippen molar-refractivity contribution in [3.8, 4) is 5.75 Å². The van der Waals surface area contributed by atoms with Crippen molar-refractivity contribution in [3.05, 3.63) is 86.6 Å². The summed E-state index contributed by atoms with van der Waals surface area (Å²) in [5.74, 6) is -0.811. The van der Waals surface area contributed by atoms with Crippen LogP contribution in [0.3, 0.4) is 0 Å². The first-order valence-electron chi connectivity index (χ1n) is 10.1. The molecule has 1 aliphatic heterocycles. The van der Waals surface area contributed by atoms with Crippen LogP contribution in [0, 0.1) is 0 Å². The van der Waals surface area contributed by atoms with Gasteiger partial charge in [0.15, 0.2) is 0 Å². The Morgan fingerprint density at radius 1 is 1.12 bits per heavy atom. The van der Waals surface area contributed by atoms with E-state index in [1.54, 1.807) is 49.6 Å². The molecule has 1 unspecified atom stereocenters. The first-order chi connectivity index (χ1) is 15.3. The van der Waals surface area contributed by atoms with Crippen LogP contribution in [-0.2, 0) is 9.59 Å². The van der Waals surface area contributed by atoms with E-state index in [2.05, 4.69) is 0 Å². The fourth-order valence-corrected chi connectivity index (χ4v) is 4.94. The van der Waals surface area contributed by atoms with E-state index < -0.39 is 17.7 Å². The molecule has 1 amide bonds. The number of methoxy groups -OCH3 is 1. The first-order valence-corrected chi connectivity index (χ1v) is 11.4. The number of hydrogen-bond acceptors (Lipinski definition) is 5. The van der Waals surface area contributed by atoms with Gasteiger partial charge in [0, 0.05) is 21.2 Å². The van der Waals surface area contributed by atoms with Crippen molar-refractivity contribution in [1.82, 2.24) is 0 Å². The molecule has 0 radical (unpaired) electrons. The van der Waals surface area contributed by atoms with E-state index in [9.17, 15) is 14.7 Å². The predicted molar refractivity (Wildman–Crippen MR) is 128 cm³/mol. The number of Topliss-reactive ketones (excluding diaryl/α,β-unsaturated/α-hetero) is 1. The number of aliphatic hydroxyl groups excluding tert-OH is 1. The summed E-state index contributed by atoms with van der Waals surface area (Å²) in [5, 5.41) is 13.6. The Bertz CT molecular complexity index is 1220. The number of hydrogen-bond donors (Lipinski definition) is 1. The van der Waals surface area contributed by atoms with Crippen molar-refractivity contribution >= 4 is 46.1 Å². The van der Waals surface area contributed by atoms with E-state index in [0.29, 0.717) is 22.0 Å². The third kappa shape index (κ3) is 3.80. The van der Waals surface area contributed by atoms with E-state index in [1.165, 1.54) is 16.2 Å². The number of carbonyl (C=O) groups excluding carboxylic acids is 2. The van der Waals surface area contributed by atoms with Gasteiger partial charge in [0.25, 0.3) is 11.7 Å². The molecule has 2 aromatic carbocycles. The van der Waals surface area contributed by atoms with Gasteiger partial charge < -0.3 is 9.84 Å². The number of thiophene rings is 1. The number of nitrogens with zero attached hydrogens (tertiary/aromatic N) is 1. The van der Waals surface area contributed by atoms with Gasteiger partial charge in [-0.3, -0.25) is 14.5 Å². The summed E-state index contributed by atoms with van der Waals surface area (Å²) in [6.07, 6.45) is 0. The number of halogens is 1. The van der Waals surface area contributed by atoms with Gasteiger partial charge in [-0.2, -0.15) is 0 Å². The summed E-state index contributed by atoms with van der Waals surface area (Å²) in [5.41, 5.74) is 1.90. The molecule has 0 spiro atoms. The maximum atomic E-state index is 13.2. The molecule has 32 heavy (non-hydrogen) atoms. The fourth-order valence-electron chi connectivity index (χ4n) is 3.93.